The van der Waals surface area contributed by atoms with Gasteiger partial charge in [-0.05, 0) is 44.4 Å². The lowest BCUT2D eigenvalue weighted by atomic mass is 10.2. The van der Waals surface area contributed by atoms with Gasteiger partial charge in [0.05, 0.1) is 35.2 Å². The summed E-state index contributed by atoms with van der Waals surface area (Å²) < 4.78 is 6.63. The number of fused-ring (bicyclic) bond motifs is 1. The van der Waals surface area contributed by atoms with Gasteiger partial charge < -0.3 is 9.64 Å². The van der Waals surface area contributed by atoms with Crippen LogP contribution in [0, 0.1) is 10.1 Å². The fourth-order valence-corrected chi connectivity index (χ4v) is 2.72. The molecule has 8 heteroatoms. The normalized spacial score (nSPS) is 11.1. The maximum Gasteiger partial charge on any atom is 0.270 e. The molecule has 0 aliphatic rings. The molecule has 26 heavy (non-hydrogen) atoms. The lowest BCUT2D eigenvalue weighted by Crippen LogP contribution is -2.27. The van der Waals surface area contributed by atoms with Crippen molar-refractivity contribution < 1.29 is 9.66 Å². The molecule has 0 aliphatic heterocycles. The van der Waals surface area contributed by atoms with Crippen LogP contribution in [-0.4, -0.2) is 40.6 Å². The number of nitro groups is 1. The molecule has 1 aromatic heterocycles. The number of hydrogen-bond acceptors (Lipinski definition) is 6. The molecule has 0 radical (unpaired) electrons. The topological polar surface area (TPSA) is 90.5 Å². The highest BCUT2D eigenvalue weighted by Crippen LogP contribution is 2.20. The Kier molecular flexibility index (Phi) is 4.68. The second kappa shape index (κ2) is 6.93. The van der Waals surface area contributed by atoms with E-state index >= 15 is 0 Å². The number of nitrogens with zero attached hydrogens (tertiary/aromatic N) is 4. The van der Waals surface area contributed by atoms with Gasteiger partial charge in [-0.1, -0.05) is 0 Å². The third kappa shape index (κ3) is 3.27. The maximum atomic E-state index is 13.1. The van der Waals surface area contributed by atoms with Gasteiger partial charge in [-0.25, -0.2) is 4.98 Å². The molecular formula is C18H18N4O4. The van der Waals surface area contributed by atoms with Crippen LogP contribution in [0.1, 0.15) is 5.82 Å². The fourth-order valence-electron chi connectivity index (χ4n) is 2.72. The van der Waals surface area contributed by atoms with E-state index in [1.54, 1.807) is 31.4 Å². The molecule has 3 rings (SSSR count). The van der Waals surface area contributed by atoms with Crippen LogP contribution in [0.3, 0.4) is 0 Å². The number of aromatic nitrogens is 2. The molecule has 0 unspecified atom stereocenters. The molecule has 134 valence electrons. The van der Waals surface area contributed by atoms with Gasteiger partial charge >= 0.3 is 0 Å². The first-order valence-electron chi connectivity index (χ1n) is 7.90. The van der Waals surface area contributed by atoms with Gasteiger partial charge in [-0.2, -0.15) is 0 Å². The monoisotopic (exact) mass is 354 g/mol. The second-order valence-electron chi connectivity index (χ2n) is 6.06. The van der Waals surface area contributed by atoms with E-state index in [0.29, 0.717) is 29.3 Å². The zero-order valence-corrected chi connectivity index (χ0v) is 14.7. The van der Waals surface area contributed by atoms with Crippen LogP contribution in [0.5, 0.6) is 5.75 Å². The number of methoxy groups -OCH3 is 1. The van der Waals surface area contributed by atoms with Crippen LogP contribution in [-0.2, 0) is 6.54 Å². The first-order valence-corrected chi connectivity index (χ1v) is 7.90. The summed E-state index contributed by atoms with van der Waals surface area (Å²) >= 11 is 0. The molecular weight excluding hydrogens is 336 g/mol. The summed E-state index contributed by atoms with van der Waals surface area (Å²) in [4.78, 5) is 30.1. The molecule has 1 heterocycles. The number of nitro benzene ring substituents is 1. The largest absolute Gasteiger partial charge is 0.497 e. The Morgan fingerprint density at radius 2 is 1.88 bits per heavy atom. The van der Waals surface area contributed by atoms with Gasteiger partial charge in [0.25, 0.3) is 11.2 Å². The molecule has 0 saturated carbocycles. The Morgan fingerprint density at radius 3 is 2.46 bits per heavy atom. The van der Waals surface area contributed by atoms with Crippen molar-refractivity contribution in [3.05, 3.63) is 68.8 Å². The average molecular weight is 354 g/mol. The van der Waals surface area contributed by atoms with E-state index in [4.69, 9.17) is 4.74 Å². The third-order valence-electron chi connectivity index (χ3n) is 3.92. The van der Waals surface area contributed by atoms with Crippen LogP contribution in [0.25, 0.3) is 16.6 Å². The minimum Gasteiger partial charge on any atom is -0.497 e. The van der Waals surface area contributed by atoms with Gasteiger partial charge in [-0.15, -0.1) is 0 Å². The quantitative estimate of drug-likeness (QED) is 0.516. The fraction of sp³-hybridized carbons (Fsp3) is 0.222. The highest BCUT2D eigenvalue weighted by Gasteiger charge is 2.16. The van der Waals surface area contributed by atoms with Crippen LogP contribution in [0.2, 0.25) is 0 Å². The number of ether oxygens (including phenoxy) is 1. The summed E-state index contributed by atoms with van der Waals surface area (Å²) in [6, 6.07) is 11.1. The highest BCUT2D eigenvalue weighted by atomic mass is 16.6. The number of non-ortho nitro benzene ring substituents is 1. The summed E-state index contributed by atoms with van der Waals surface area (Å²) in [5.74, 6) is 1.21. The van der Waals surface area contributed by atoms with Crippen molar-refractivity contribution in [2.45, 2.75) is 6.54 Å². The Morgan fingerprint density at radius 1 is 1.19 bits per heavy atom. The second-order valence-corrected chi connectivity index (χ2v) is 6.06. The molecule has 3 aromatic rings. The van der Waals surface area contributed by atoms with E-state index in [1.165, 1.54) is 22.8 Å². The van der Waals surface area contributed by atoms with Gasteiger partial charge in [0.2, 0.25) is 0 Å². The Labute approximate surface area is 149 Å². The highest BCUT2D eigenvalue weighted by molar-refractivity contribution is 5.80. The third-order valence-corrected chi connectivity index (χ3v) is 3.92. The molecule has 0 aliphatic carbocycles. The van der Waals surface area contributed by atoms with Crippen LogP contribution < -0.4 is 10.3 Å². The molecule has 8 nitrogen and oxygen atoms in total. The molecule has 0 spiro atoms. The molecule has 0 saturated heterocycles. The van der Waals surface area contributed by atoms with Gasteiger partial charge in [0.1, 0.15) is 11.6 Å². The van der Waals surface area contributed by atoms with E-state index in [0.717, 1.165) is 0 Å². The van der Waals surface area contributed by atoms with Crippen LogP contribution in [0.15, 0.2) is 47.3 Å². The molecule has 0 atom stereocenters. The van der Waals surface area contributed by atoms with Crippen molar-refractivity contribution in [3.63, 3.8) is 0 Å². The van der Waals surface area contributed by atoms with Gasteiger partial charge in [0.15, 0.2) is 0 Å². The Bertz CT molecular complexity index is 1030. The summed E-state index contributed by atoms with van der Waals surface area (Å²) in [6.07, 6.45) is 0. The standard InChI is InChI=1S/C18H18N4O4/c1-20(2)11-17-19-16-9-6-13(22(24)25)10-15(16)18(23)21(17)12-4-7-14(26-3)8-5-12/h4-10H,11H2,1-3H3. The summed E-state index contributed by atoms with van der Waals surface area (Å²) in [6.45, 7) is 0.439. The van der Waals surface area contributed by atoms with Crippen molar-refractivity contribution in [2.75, 3.05) is 21.2 Å². The lowest BCUT2D eigenvalue weighted by molar-refractivity contribution is -0.384. The molecule has 2 aromatic carbocycles. The van der Waals surface area contributed by atoms with E-state index in [1.807, 2.05) is 19.0 Å². The van der Waals surface area contributed by atoms with E-state index in [-0.39, 0.29) is 16.6 Å². The summed E-state index contributed by atoms with van der Waals surface area (Å²) in [7, 11) is 5.32. The first-order chi connectivity index (χ1) is 12.4. The maximum absolute atomic E-state index is 13.1. The minimum absolute atomic E-state index is 0.141. The molecule has 0 bridgehead atoms. The number of benzene rings is 2. The predicted octanol–water partition coefficient (Wildman–Crippen LogP) is 2.36. The molecule has 0 amide bonds. The van der Waals surface area contributed by atoms with Crippen molar-refractivity contribution >= 4 is 16.6 Å². The number of hydrogen-bond donors (Lipinski definition) is 0. The van der Waals surface area contributed by atoms with Crippen molar-refractivity contribution in [3.8, 4) is 11.4 Å². The van der Waals surface area contributed by atoms with E-state index in [9.17, 15) is 14.9 Å². The predicted molar refractivity (Wildman–Crippen MR) is 97.9 cm³/mol. The minimum atomic E-state index is -0.523. The first kappa shape index (κ1) is 17.6. The summed E-state index contributed by atoms with van der Waals surface area (Å²) in [5.41, 5.74) is 0.564. The average Bonchev–Trinajstić information content (AvgIpc) is 2.61. The van der Waals surface area contributed by atoms with E-state index < -0.39 is 4.92 Å². The zero-order chi connectivity index (χ0) is 18.8. The van der Waals surface area contributed by atoms with Crippen LogP contribution in [0.4, 0.5) is 5.69 Å². The molecule has 0 N–H and O–H groups in total. The number of rotatable bonds is 5. The van der Waals surface area contributed by atoms with E-state index in [2.05, 4.69) is 4.98 Å². The summed E-state index contributed by atoms with van der Waals surface area (Å²) in [5, 5.41) is 11.3. The van der Waals surface area contributed by atoms with Gasteiger partial charge in [-0.3, -0.25) is 19.5 Å². The van der Waals surface area contributed by atoms with Crippen molar-refractivity contribution in [1.82, 2.24) is 14.5 Å². The Hall–Kier alpha value is -3.26. The van der Waals surface area contributed by atoms with Gasteiger partial charge in [0, 0.05) is 12.1 Å². The zero-order valence-electron chi connectivity index (χ0n) is 14.7. The molecule has 0 fully saturated rings. The lowest BCUT2D eigenvalue weighted by Gasteiger charge is -2.16. The van der Waals surface area contributed by atoms with Crippen LogP contribution >= 0.6 is 0 Å². The van der Waals surface area contributed by atoms with Crippen molar-refractivity contribution in [2.24, 2.45) is 0 Å². The SMILES string of the molecule is COc1ccc(-n2c(CN(C)C)nc3ccc([N+](=O)[O-])cc3c2=O)cc1. The smallest absolute Gasteiger partial charge is 0.270 e. The Balaban J connectivity index is 2.30. The van der Waals surface area contributed by atoms with Crippen molar-refractivity contribution in [1.29, 1.82) is 0 Å².